The second-order valence-corrected chi connectivity index (χ2v) is 15.4. The Morgan fingerprint density at radius 2 is 1.75 bits per heavy atom. The number of hydrogen-bond donors (Lipinski definition) is 0. The lowest BCUT2D eigenvalue weighted by atomic mass is 9.85. The third-order valence-electron chi connectivity index (χ3n) is 12.2. The van der Waals surface area contributed by atoms with Crippen LogP contribution < -0.4 is 10.3 Å². The van der Waals surface area contributed by atoms with Crippen LogP contribution in [-0.4, -0.2) is 92.9 Å². The fourth-order valence-electron chi connectivity index (χ4n) is 9.16. The molecule has 3 amide bonds. The highest BCUT2D eigenvalue weighted by atomic mass is 16.6. The van der Waals surface area contributed by atoms with Gasteiger partial charge in [0, 0.05) is 54.5 Å². The van der Waals surface area contributed by atoms with Gasteiger partial charge in [-0.05, 0) is 81.4 Å². The molecule has 0 radical (unpaired) electrons. The number of rotatable bonds is 8. The van der Waals surface area contributed by atoms with E-state index >= 15 is 0 Å². The normalized spacial score (nSPS) is 22.7. The average Bonchev–Trinajstić information content (AvgIpc) is 3.68. The van der Waals surface area contributed by atoms with Gasteiger partial charge in [-0.1, -0.05) is 27.2 Å². The van der Waals surface area contributed by atoms with Gasteiger partial charge in [0.05, 0.1) is 35.4 Å². The number of pyridine rings is 2. The Morgan fingerprint density at radius 3 is 2.44 bits per heavy atom. The predicted molar refractivity (Wildman–Crippen MR) is 199 cm³/mol. The number of likely N-dealkylation sites (tertiary alicyclic amines) is 3. The summed E-state index contributed by atoms with van der Waals surface area (Å²) in [7, 11) is 0. The van der Waals surface area contributed by atoms with Gasteiger partial charge in [-0.15, -0.1) is 0 Å². The molecule has 14 nitrogen and oxygen atoms in total. The Hall–Kier alpha value is -5.11. The number of piperidine rings is 2. The molecule has 0 bridgehead atoms. The summed E-state index contributed by atoms with van der Waals surface area (Å²) in [6.45, 7) is 8.74. The monoisotopic (exact) mass is 753 g/mol. The van der Waals surface area contributed by atoms with Gasteiger partial charge in [-0.2, -0.15) is 0 Å². The smallest absolute Gasteiger partial charge is 0.415 e. The highest BCUT2D eigenvalue weighted by molar-refractivity contribution is 6.03. The number of nitrogens with zero attached hydrogens (tertiary/aromatic N) is 5. The van der Waals surface area contributed by atoms with Crippen LogP contribution in [-0.2, 0) is 53.8 Å². The molecule has 7 heterocycles. The van der Waals surface area contributed by atoms with E-state index in [4.69, 9.17) is 19.2 Å². The molecule has 2 atom stereocenters. The van der Waals surface area contributed by atoms with E-state index in [0.717, 1.165) is 47.3 Å². The summed E-state index contributed by atoms with van der Waals surface area (Å²) in [6.07, 6.45) is 5.68. The Bertz CT molecular complexity index is 2170. The maximum atomic E-state index is 14.2. The number of esters is 2. The minimum atomic E-state index is -1.90. The SMILES string of the molecule is CCc1c2c(nc3ccc(OC(=O)N4CCC(N5CCCCC5)CC4)cc13)-c1cc3c(c(=O)n1C2)COC(=O)[C@@]3(CC)OC(=O)CCN1C(=O)CC(C)C1=O. The van der Waals surface area contributed by atoms with Gasteiger partial charge in [0.15, 0.2) is 0 Å². The number of amides is 3. The van der Waals surface area contributed by atoms with Crippen LogP contribution >= 0.6 is 0 Å². The number of hydrogen-bond acceptors (Lipinski definition) is 11. The molecule has 8 rings (SSSR count). The molecular weight excluding hydrogens is 706 g/mol. The molecule has 5 aliphatic heterocycles. The molecule has 3 aromatic rings. The van der Waals surface area contributed by atoms with Crippen molar-refractivity contribution < 1.29 is 38.2 Å². The zero-order valence-electron chi connectivity index (χ0n) is 31.7. The summed E-state index contributed by atoms with van der Waals surface area (Å²) in [5, 5.41) is 0.820. The molecule has 0 spiro atoms. The molecule has 14 heteroatoms. The molecular formula is C41H47N5O9. The first-order valence-corrected chi connectivity index (χ1v) is 19.7. The summed E-state index contributed by atoms with van der Waals surface area (Å²) in [5.41, 5.74) is 1.71. The van der Waals surface area contributed by atoms with Crippen molar-refractivity contribution in [2.75, 3.05) is 32.7 Å². The van der Waals surface area contributed by atoms with Crippen LogP contribution in [0.15, 0.2) is 29.1 Å². The Kier molecular flexibility index (Phi) is 9.72. The second kappa shape index (κ2) is 14.5. The summed E-state index contributed by atoms with van der Waals surface area (Å²) in [5.74, 6) is -2.34. The molecule has 1 unspecified atom stereocenters. The molecule has 3 saturated heterocycles. The number of benzene rings is 1. The highest BCUT2D eigenvalue weighted by Gasteiger charge is 2.50. The number of carbonyl (C=O) groups is 5. The number of fused-ring (bicyclic) bond motifs is 5. The third-order valence-corrected chi connectivity index (χ3v) is 12.2. The lowest BCUT2D eigenvalue weighted by molar-refractivity contribution is -0.189. The number of cyclic esters (lactones) is 1. The van der Waals surface area contributed by atoms with E-state index in [9.17, 15) is 28.8 Å². The standard InChI is InChI=1S/C41H47N5O9/c1-4-27-28-20-26(54-40(52)44-16-11-25(12-17-44)43-14-7-6-8-15-43)9-10-32(28)42-36-29(27)22-46-33(36)21-31-30(38(46)50)23-53-39(51)41(31,5-2)55-35(48)13-18-45-34(47)19-24(3)37(45)49/h9-10,20-21,24-25H,4-8,11-19,22-23H2,1-3H3/t24?,41-/m0/s1. The minimum Gasteiger partial charge on any atom is -0.457 e. The van der Waals surface area contributed by atoms with Gasteiger partial charge >= 0.3 is 18.0 Å². The van der Waals surface area contributed by atoms with Crippen molar-refractivity contribution in [3.05, 3.63) is 56.9 Å². The third kappa shape index (κ3) is 6.37. The first-order valence-electron chi connectivity index (χ1n) is 19.7. The van der Waals surface area contributed by atoms with Crippen molar-refractivity contribution in [2.45, 2.75) is 103 Å². The molecule has 0 aliphatic carbocycles. The van der Waals surface area contributed by atoms with Gasteiger partial charge in [0.1, 0.15) is 12.4 Å². The van der Waals surface area contributed by atoms with Crippen LogP contribution in [0.25, 0.3) is 22.3 Å². The molecule has 55 heavy (non-hydrogen) atoms. The van der Waals surface area contributed by atoms with Crippen LogP contribution in [0.1, 0.15) is 94.4 Å². The van der Waals surface area contributed by atoms with Gasteiger partial charge in [-0.3, -0.25) is 24.1 Å². The van der Waals surface area contributed by atoms with Crippen molar-refractivity contribution >= 4 is 40.7 Å². The maximum absolute atomic E-state index is 14.2. The van der Waals surface area contributed by atoms with E-state index in [1.54, 1.807) is 35.4 Å². The summed E-state index contributed by atoms with van der Waals surface area (Å²) >= 11 is 0. The van der Waals surface area contributed by atoms with Crippen molar-refractivity contribution in [1.29, 1.82) is 0 Å². The predicted octanol–water partition coefficient (Wildman–Crippen LogP) is 4.43. The minimum absolute atomic E-state index is 0.0117. The van der Waals surface area contributed by atoms with Gasteiger partial charge < -0.3 is 28.6 Å². The molecule has 3 fully saturated rings. The van der Waals surface area contributed by atoms with Crippen LogP contribution in [0.2, 0.25) is 0 Å². The van der Waals surface area contributed by atoms with E-state index in [0.29, 0.717) is 48.2 Å². The summed E-state index contributed by atoms with van der Waals surface area (Å²) in [4.78, 5) is 89.3. The van der Waals surface area contributed by atoms with E-state index in [1.807, 2.05) is 19.1 Å². The summed E-state index contributed by atoms with van der Waals surface area (Å²) in [6, 6.07) is 7.61. The molecule has 0 N–H and O–H groups in total. The van der Waals surface area contributed by atoms with Crippen molar-refractivity contribution in [1.82, 2.24) is 24.3 Å². The van der Waals surface area contributed by atoms with Gasteiger partial charge in [-0.25, -0.2) is 14.6 Å². The van der Waals surface area contributed by atoms with E-state index in [-0.39, 0.29) is 73.6 Å². The molecule has 5 aliphatic rings. The Labute approximate surface area is 318 Å². The first kappa shape index (κ1) is 36.8. The van der Waals surface area contributed by atoms with Crippen LogP contribution in [0.4, 0.5) is 4.79 Å². The number of carbonyl (C=O) groups excluding carboxylic acids is 5. The lowest BCUT2D eigenvalue weighted by Gasteiger charge is -2.39. The van der Waals surface area contributed by atoms with E-state index in [2.05, 4.69) is 4.90 Å². The van der Waals surface area contributed by atoms with Crippen molar-refractivity contribution in [3.63, 3.8) is 0 Å². The Balaban J connectivity index is 1.05. The van der Waals surface area contributed by atoms with E-state index in [1.165, 1.54) is 19.3 Å². The van der Waals surface area contributed by atoms with E-state index < -0.39 is 23.5 Å². The van der Waals surface area contributed by atoms with Crippen molar-refractivity contribution in [2.24, 2.45) is 5.92 Å². The van der Waals surface area contributed by atoms with Crippen LogP contribution in [0.3, 0.4) is 0 Å². The molecule has 0 saturated carbocycles. The molecule has 1 aromatic carbocycles. The fraction of sp³-hybridized carbons (Fsp3) is 0.537. The summed E-state index contributed by atoms with van der Waals surface area (Å²) < 4.78 is 18.9. The lowest BCUT2D eigenvalue weighted by Crippen LogP contribution is -2.48. The number of aromatic nitrogens is 2. The maximum Gasteiger partial charge on any atom is 0.415 e. The largest absolute Gasteiger partial charge is 0.457 e. The average molecular weight is 754 g/mol. The topological polar surface area (TPSA) is 158 Å². The fourth-order valence-corrected chi connectivity index (χ4v) is 9.16. The zero-order chi connectivity index (χ0) is 38.6. The van der Waals surface area contributed by atoms with Gasteiger partial charge in [0.25, 0.3) is 5.56 Å². The molecule has 290 valence electrons. The zero-order valence-corrected chi connectivity index (χ0v) is 31.7. The second-order valence-electron chi connectivity index (χ2n) is 15.4. The first-order chi connectivity index (χ1) is 26.5. The highest BCUT2D eigenvalue weighted by Crippen LogP contribution is 2.42. The quantitative estimate of drug-likeness (QED) is 0.185. The van der Waals surface area contributed by atoms with Crippen LogP contribution in [0.5, 0.6) is 5.75 Å². The molecule has 2 aromatic heterocycles. The van der Waals surface area contributed by atoms with Crippen molar-refractivity contribution in [3.8, 4) is 17.1 Å². The van der Waals surface area contributed by atoms with Crippen LogP contribution in [0, 0.1) is 5.92 Å². The number of ether oxygens (including phenoxy) is 3. The number of imide groups is 1. The van der Waals surface area contributed by atoms with Gasteiger partial charge in [0.2, 0.25) is 17.4 Å². The number of aryl methyl sites for hydroxylation is 1. The Morgan fingerprint density at radius 1 is 0.982 bits per heavy atom.